The first kappa shape index (κ1) is 14.6. The van der Waals surface area contributed by atoms with Gasteiger partial charge in [0.05, 0.1) is 9.26 Å². The van der Waals surface area contributed by atoms with Crippen LogP contribution >= 0.6 is 22.6 Å². The van der Waals surface area contributed by atoms with Gasteiger partial charge >= 0.3 is 0 Å². The molecule has 4 nitrogen and oxygen atoms in total. The minimum atomic E-state index is -0.0972. The number of aromatic amines is 1. The molecule has 0 bridgehead atoms. The predicted octanol–water partition coefficient (Wildman–Crippen LogP) is 2.81. The fourth-order valence-corrected chi connectivity index (χ4v) is 2.31. The Morgan fingerprint density at radius 3 is 2.65 bits per heavy atom. The predicted molar refractivity (Wildman–Crippen MR) is 76.2 cm³/mol. The van der Waals surface area contributed by atoms with Crippen LogP contribution in [0.15, 0.2) is 4.79 Å². The van der Waals surface area contributed by atoms with Gasteiger partial charge in [-0.1, -0.05) is 20.3 Å². The molecule has 17 heavy (non-hydrogen) atoms. The topological polar surface area (TPSA) is 55.0 Å². The molecule has 0 aliphatic carbocycles. The first-order chi connectivity index (χ1) is 8.13. The maximum absolute atomic E-state index is 11.8. The van der Waals surface area contributed by atoms with Gasteiger partial charge in [0.25, 0.3) is 5.56 Å². The molecule has 1 N–H and O–H groups in total. The number of H-pyrrole nitrogens is 1. The molecule has 0 radical (unpaired) electrons. The molecular weight excluding hydrogens is 331 g/mol. The van der Waals surface area contributed by atoms with Gasteiger partial charge in [0.2, 0.25) is 0 Å². The van der Waals surface area contributed by atoms with Crippen LogP contribution in [0.3, 0.4) is 0 Å². The molecule has 1 aromatic rings. The summed E-state index contributed by atoms with van der Waals surface area (Å²) in [7, 11) is 0. The molecule has 1 heterocycles. The highest BCUT2D eigenvalue weighted by molar-refractivity contribution is 14.1. The van der Waals surface area contributed by atoms with E-state index in [2.05, 4.69) is 16.9 Å². The lowest BCUT2D eigenvalue weighted by Gasteiger charge is -2.16. The largest absolute Gasteiger partial charge is 0.371 e. The maximum atomic E-state index is 11.8. The van der Waals surface area contributed by atoms with Gasteiger partial charge in [0.1, 0.15) is 11.9 Å². The van der Waals surface area contributed by atoms with Crippen molar-refractivity contribution in [1.82, 2.24) is 9.97 Å². The molecule has 0 aliphatic heterocycles. The monoisotopic (exact) mass is 350 g/mol. The number of aromatic nitrogens is 2. The lowest BCUT2D eigenvalue weighted by Crippen LogP contribution is -2.21. The lowest BCUT2D eigenvalue weighted by atomic mass is 10.2. The van der Waals surface area contributed by atoms with Gasteiger partial charge in [0, 0.05) is 6.61 Å². The molecule has 0 aromatic carbocycles. The number of hydrogen-bond donors (Lipinski definition) is 1. The van der Waals surface area contributed by atoms with Crippen LogP contribution in [-0.2, 0) is 11.2 Å². The van der Waals surface area contributed by atoms with E-state index in [1.165, 1.54) is 0 Å². The molecule has 1 aromatic heterocycles. The van der Waals surface area contributed by atoms with Crippen molar-refractivity contribution < 1.29 is 4.74 Å². The Morgan fingerprint density at radius 1 is 1.41 bits per heavy atom. The SMILES string of the molecule is CCCC(OCC)c1nc(CC)c(I)c(=O)[nH]1. The molecule has 1 atom stereocenters. The Kier molecular flexibility index (Phi) is 6.11. The maximum Gasteiger partial charge on any atom is 0.264 e. The zero-order valence-corrected chi connectivity index (χ0v) is 12.7. The van der Waals surface area contributed by atoms with Crippen LogP contribution in [-0.4, -0.2) is 16.6 Å². The standard InChI is InChI=1S/C12H19IN2O2/c1-4-7-9(17-6-3)11-14-8(5-2)10(13)12(16)15-11/h9H,4-7H2,1-3H3,(H,14,15,16). The molecule has 96 valence electrons. The molecule has 0 saturated carbocycles. The van der Waals surface area contributed by atoms with E-state index < -0.39 is 0 Å². The van der Waals surface area contributed by atoms with Crippen molar-refractivity contribution >= 4 is 22.6 Å². The third-order valence-corrected chi connectivity index (χ3v) is 3.62. The lowest BCUT2D eigenvalue weighted by molar-refractivity contribution is 0.0490. The van der Waals surface area contributed by atoms with Crippen LogP contribution < -0.4 is 5.56 Å². The van der Waals surface area contributed by atoms with Gasteiger partial charge in [-0.15, -0.1) is 0 Å². The second kappa shape index (κ2) is 7.10. The van der Waals surface area contributed by atoms with Crippen molar-refractivity contribution in [3.8, 4) is 0 Å². The van der Waals surface area contributed by atoms with Gasteiger partial charge in [-0.3, -0.25) is 4.79 Å². The number of nitrogens with zero attached hydrogens (tertiary/aromatic N) is 1. The smallest absolute Gasteiger partial charge is 0.264 e. The molecule has 0 fully saturated rings. The van der Waals surface area contributed by atoms with Crippen molar-refractivity contribution in [2.75, 3.05) is 6.61 Å². The van der Waals surface area contributed by atoms with E-state index in [0.717, 1.165) is 25.0 Å². The van der Waals surface area contributed by atoms with Crippen molar-refractivity contribution in [2.24, 2.45) is 0 Å². The zero-order chi connectivity index (χ0) is 12.8. The van der Waals surface area contributed by atoms with Crippen molar-refractivity contribution in [3.63, 3.8) is 0 Å². The van der Waals surface area contributed by atoms with E-state index in [1.807, 2.05) is 36.4 Å². The summed E-state index contributed by atoms with van der Waals surface area (Å²) in [6, 6.07) is 0. The van der Waals surface area contributed by atoms with E-state index >= 15 is 0 Å². The average Bonchev–Trinajstić information content (AvgIpc) is 2.32. The second-order valence-corrected chi connectivity index (χ2v) is 4.88. The van der Waals surface area contributed by atoms with E-state index in [0.29, 0.717) is 16.0 Å². The number of ether oxygens (including phenoxy) is 1. The number of hydrogen-bond acceptors (Lipinski definition) is 3. The third kappa shape index (κ3) is 3.77. The molecule has 5 heteroatoms. The molecule has 0 spiro atoms. The van der Waals surface area contributed by atoms with Crippen molar-refractivity contribution in [1.29, 1.82) is 0 Å². The van der Waals surface area contributed by atoms with Gasteiger partial charge in [-0.05, 0) is 42.4 Å². The van der Waals surface area contributed by atoms with E-state index in [9.17, 15) is 4.79 Å². The Balaban J connectivity index is 3.10. The van der Waals surface area contributed by atoms with Crippen LogP contribution in [0.4, 0.5) is 0 Å². The minimum absolute atomic E-state index is 0.0618. The normalized spacial score (nSPS) is 12.7. The quantitative estimate of drug-likeness (QED) is 0.803. The molecule has 0 amide bonds. The highest BCUT2D eigenvalue weighted by atomic mass is 127. The highest BCUT2D eigenvalue weighted by Crippen LogP contribution is 2.19. The molecule has 1 rings (SSSR count). The number of halogens is 1. The summed E-state index contributed by atoms with van der Waals surface area (Å²) in [4.78, 5) is 19.1. The minimum Gasteiger partial charge on any atom is -0.371 e. The van der Waals surface area contributed by atoms with E-state index in [1.54, 1.807) is 0 Å². The summed E-state index contributed by atoms with van der Waals surface area (Å²) in [5.74, 6) is 0.663. The Bertz CT molecular complexity index is 411. The van der Waals surface area contributed by atoms with E-state index in [4.69, 9.17) is 4.74 Å². The van der Waals surface area contributed by atoms with Crippen molar-refractivity contribution in [3.05, 3.63) is 25.4 Å². The Labute approximate surface area is 115 Å². The molecule has 0 aliphatic rings. The van der Waals surface area contributed by atoms with Crippen LogP contribution in [0.5, 0.6) is 0 Å². The first-order valence-corrected chi connectivity index (χ1v) is 7.12. The Morgan fingerprint density at radius 2 is 2.12 bits per heavy atom. The van der Waals surface area contributed by atoms with Crippen LogP contribution in [0.25, 0.3) is 0 Å². The zero-order valence-electron chi connectivity index (χ0n) is 10.5. The summed E-state index contributed by atoms with van der Waals surface area (Å²) < 4.78 is 6.31. The van der Waals surface area contributed by atoms with Gasteiger partial charge in [-0.25, -0.2) is 4.98 Å². The summed E-state index contributed by atoms with van der Waals surface area (Å²) in [5, 5.41) is 0. The number of nitrogens with one attached hydrogen (secondary N) is 1. The van der Waals surface area contributed by atoms with Gasteiger partial charge < -0.3 is 9.72 Å². The first-order valence-electron chi connectivity index (χ1n) is 6.04. The highest BCUT2D eigenvalue weighted by Gasteiger charge is 2.16. The second-order valence-electron chi connectivity index (χ2n) is 3.80. The summed E-state index contributed by atoms with van der Waals surface area (Å²) in [5.41, 5.74) is 0.790. The summed E-state index contributed by atoms with van der Waals surface area (Å²) in [6.07, 6.45) is 2.54. The van der Waals surface area contributed by atoms with Crippen LogP contribution in [0.1, 0.15) is 51.2 Å². The van der Waals surface area contributed by atoms with Crippen LogP contribution in [0.2, 0.25) is 0 Å². The summed E-state index contributed by atoms with van der Waals surface area (Å²) in [6.45, 7) is 6.68. The van der Waals surface area contributed by atoms with Crippen molar-refractivity contribution in [2.45, 2.75) is 46.1 Å². The fraction of sp³-hybridized carbons (Fsp3) is 0.667. The Hall–Kier alpha value is -0.430. The number of aryl methyl sites for hydroxylation is 1. The van der Waals surface area contributed by atoms with Gasteiger partial charge in [-0.2, -0.15) is 0 Å². The molecule has 0 saturated heterocycles. The summed E-state index contributed by atoms with van der Waals surface area (Å²) >= 11 is 2.04. The molecule has 1 unspecified atom stereocenters. The average molecular weight is 350 g/mol. The van der Waals surface area contributed by atoms with Crippen LogP contribution in [0, 0.1) is 3.57 Å². The van der Waals surface area contributed by atoms with Gasteiger partial charge in [0.15, 0.2) is 0 Å². The fourth-order valence-electron chi connectivity index (χ4n) is 1.67. The van der Waals surface area contributed by atoms with E-state index in [-0.39, 0.29) is 11.7 Å². The third-order valence-electron chi connectivity index (χ3n) is 2.51. The number of rotatable bonds is 6. The molecular formula is C12H19IN2O2.